The van der Waals surface area contributed by atoms with Crippen molar-refractivity contribution in [2.45, 2.75) is 26.2 Å². The highest BCUT2D eigenvalue weighted by Gasteiger charge is 2.02. The molecule has 11 heavy (non-hydrogen) atoms. The molecule has 0 heterocycles. The minimum Gasteiger partial charge on any atom is -0.263 e. The van der Waals surface area contributed by atoms with Crippen molar-refractivity contribution < 1.29 is 4.92 Å². The van der Waals surface area contributed by atoms with Gasteiger partial charge in [0.2, 0.25) is 0 Å². The Bertz CT molecular complexity index is 117. The first-order chi connectivity index (χ1) is 5.16. The number of nitro groups is 1. The molecule has 0 aromatic rings. The average molecular weight is 160 g/mol. The monoisotopic (exact) mass is 160 g/mol. The first kappa shape index (κ1) is 10.4. The first-order valence-corrected chi connectivity index (χ1v) is 3.97. The standard InChI is InChI=1S/C7H16N2O2/c1-3-4-5-6-8(2)7-9(10)11/h3-7H2,1-2H3. The summed E-state index contributed by atoms with van der Waals surface area (Å²) in [6, 6.07) is 0. The number of rotatable bonds is 6. The molecule has 0 saturated heterocycles. The van der Waals surface area contributed by atoms with Gasteiger partial charge in [0, 0.05) is 11.5 Å². The van der Waals surface area contributed by atoms with Gasteiger partial charge in [0.15, 0.2) is 0 Å². The molecule has 0 aliphatic carbocycles. The Hall–Kier alpha value is -0.640. The Morgan fingerprint density at radius 3 is 2.55 bits per heavy atom. The van der Waals surface area contributed by atoms with Crippen LogP contribution in [-0.4, -0.2) is 30.1 Å². The van der Waals surface area contributed by atoms with E-state index in [9.17, 15) is 10.1 Å². The fourth-order valence-electron chi connectivity index (χ4n) is 0.900. The normalized spacial score (nSPS) is 10.5. The Balaban J connectivity index is 3.22. The van der Waals surface area contributed by atoms with Gasteiger partial charge in [-0.1, -0.05) is 19.8 Å². The van der Waals surface area contributed by atoms with Crippen LogP contribution in [-0.2, 0) is 0 Å². The van der Waals surface area contributed by atoms with Crippen LogP contribution in [0.1, 0.15) is 26.2 Å². The summed E-state index contributed by atoms with van der Waals surface area (Å²) < 4.78 is 0. The van der Waals surface area contributed by atoms with E-state index >= 15 is 0 Å². The first-order valence-electron chi connectivity index (χ1n) is 3.97. The highest BCUT2D eigenvalue weighted by atomic mass is 16.6. The van der Waals surface area contributed by atoms with Gasteiger partial charge in [-0.25, -0.2) is 4.90 Å². The van der Waals surface area contributed by atoms with E-state index < -0.39 is 0 Å². The molecule has 4 heteroatoms. The lowest BCUT2D eigenvalue weighted by Crippen LogP contribution is -2.26. The van der Waals surface area contributed by atoms with Gasteiger partial charge in [-0.05, 0) is 13.5 Å². The molecule has 0 bridgehead atoms. The molecule has 0 N–H and O–H groups in total. The fourth-order valence-corrected chi connectivity index (χ4v) is 0.900. The van der Waals surface area contributed by atoms with Crippen molar-refractivity contribution >= 4 is 0 Å². The summed E-state index contributed by atoms with van der Waals surface area (Å²) >= 11 is 0. The summed E-state index contributed by atoms with van der Waals surface area (Å²) in [5.74, 6) is 0. The second-order valence-electron chi connectivity index (χ2n) is 2.76. The molecular formula is C7H16N2O2. The summed E-state index contributed by atoms with van der Waals surface area (Å²) in [5, 5.41) is 10.0. The highest BCUT2D eigenvalue weighted by Crippen LogP contribution is 1.95. The van der Waals surface area contributed by atoms with Crippen molar-refractivity contribution in [1.82, 2.24) is 4.90 Å². The van der Waals surface area contributed by atoms with E-state index in [1.165, 1.54) is 0 Å². The number of unbranched alkanes of at least 4 members (excludes halogenated alkanes) is 2. The van der Waals surface area contributed by atoms with Crippen LogP contribution in [0, 0.1) is 10.1 Å². The minimum absolute atomic E-state index is 0.0380. The summed E-state index contributed by atoms with van der Waals surface area (Å²) in [7, 11) is 1.78. The van der Waals surface area contributed by atoms with Crippen molar-refractivity contribution in [2.24, 2.45) is 0 Å². The topological polar surface area (TPSA) is 46.4 Å². The smallest absolute Gasteiger partial charge is 0.258 e. The van der Waals surface area contributed by atoms with E-state index in [0.717, 1.165) is 25.8 Å². The van der Waals surface area contributed by atoms with Gasteiger partial charge in [-0.15, -0.1) is 0 Å². The van der Waals surface area contributed by atoms with Crippen LogP contribution in [0.3, 0.4) is 0 Å². The lowest BCUT2D eigenvalue weighted by molar-refractivity contribution is -0.502. The molecule has 0 aromatic heterocycles. The van der Waals surface area contributed by atoms with Crippen LogP contribution < -0.4 is 0 Å². The van der Waals surface area contributed by atoms with Gasteiger partial charge < -0.3 is 0 Å². The molecular weight excluding hydrogens is 144 g/mol. The molecule has 0 aromatic carbocycles. The zero-order chi connectivity index (χ0) is 8.69. The molecule has 4 nitrogen and oxygen atoms in total. The molecule has 0 radical (unpaired) electrons. The largest absolute Gasteiger partial charge is 0.263 e. The number of nitrogens with zero attached hydrogens (tertiary/aromatic N) is 2. The van der Waals surface area contributed by atoms with Gasteiger partial charge in [0.05, 0.1) is 0 Å². The Labute approximate surface area is 67.3 Å². The van der Waals surface area contributed by atoms with Crippen molar-refractivity contribution in [3.05, 3.63) is 10.1 Å². The van der Waals surface area contributed by atoms with Crippen LogP contribution in [0.25, 0.3) is 0 Å². The zero-order valence-corrected chi connectivity index (χ0v) is 7.25. The van der Waals surface area contributed by atoms with Gasteiger partial charge in [0.25, 0.3) is 6.67 Å². The summed E-state index contributed by atoms with van der Waals surface area (Å²) in [4.78, 5) is 11.4. The Morgan fingerprint density at radius 2 is 2.09 bits per heavy atom. The van der Waals surface area contributed by atoms with Crippen molar-refractivity contribution in [2.75, 3.05) is 20.3 Å². The maximum absolute atomic E-state index is 10.0. The van der Waals surface area contributed by atoms with E-state index in [2.05, 4.69) is 6.92 Å². The molecule has 0 unspecified atom stereocenters. The van der Waals surface area contributed by atoms with E-state index in [-0.39, 0.29) is 11.6 Å². The van der Waals surface area contributed by atoms with Crippen LogP contribution in [0.15, 0.2) is 0 Å². The molecule has 66 valence electrons. The number of hydrogen-bond donors (Lipinski definition) is 0. The molecule has 0 saturated carbocycles. The molecule has 0 rings (SSSR count). The molecule has 0 fully saturated rings. The summed E-state index contributed by atoms with van der Waals surface area (Å²) in [6.07, 6.45) is 3.37. The van der Waals surface area contributed by atoms with Crippen LogP contribution >= 0.6 is 0 Å². The third-order valence-corrected chi connectivity index (χ3v) is 1.50. The highest BCUT2D eigenvalue weighted by molar-refractivity contribution is 4.45. The second-order valence-corrected chi connectivity index (χ2v) is 2.76. The zero-order valence-electron chi connectivity index (χ0n) is 7.25. The fraction of sp³-hybridized carbons (Fsp3) is 1.00. The maximum Gasteiger partial charge on any atom is 0.258 e. The molecule has 0 atom stereocenters. The SMILES string of the molecule is CCCCCN(C)C[N+](=O)[O-]. The van der Waals surface area contributed by atoms with E-state index in [1.807, 2.05) is 0 Å². The molecule has 0 aliphatic rings. The molecule has 0 spiro atoms. The minimum atomic E-state index is -0.300. The predicted octanol–water partition coefficient (Wildman–Crippen LogP) is 1.34. The lowest BCUT2D eigenvalue weighted by Gasteiger charge is -2.09. The van der Waals surface area contributed by atoms with Crippen LogP contribution in [0.5, 0.6) is 0 Å². The average Bonchev–Trinajstić information content (AvgIpc) is 1.86. The van der Waals surface area contributed by atoms with Gasteiger partial charge in [-0.2, -0.15) is 0 Å². The Morgan fingerprint density at radius 1 is 1.45 bits per heavy atom. The third kappa shape index (κ3) is 7.25. The van der Waals surface area contributed by atoms with Crippen LogP contribution in [0.4, 0.5) is 0 Å². The van der Waals surface area contributed by atoms with Crippen LogP contribution in [0.2, 0.25) is 0 Å². The Kier molecular flexibility index (Phi) is 5.74. The summed E-state index contributed by atoms with van der Waals surface area (Å²) in [6.45, 7) is 2.91. The van der Waals surface area contributed by atoms with Gasteiger partial charge in [0.1, 0.15) is 0 Å². The second kappa shape index (κ2) is 6.09. The van der Waals surface area contributed by atoms with E-state index in [1.54, 1.807) is 11.9 Å². The van der Waals surface area contributed by atoms with Crippen molar-refractivity contribution in [3.63, 3.8) is 0 Å². The van der Waals surface area contributed by atoms with Crippen molar-refractivity contribution in [1.29, 1.82) is 0 Å². The third-order valence-electron chi connectivity index (χ3n) is 1.50. The number of hydrogen-bond acceptors (Lipinski definition) is 3. The molecule has 0 aliphatic heterocycles. The molecule has 0 amide bonds. The van der Waals surface area contributed by atoms with Gasteiger partial charge in [-0.3, -0.25) is 10.1 Å². The van der Waals surface area contributed by atoms with Gasteiger partial charge >= 0.3 is 0 Å². The van der Waals surface area contributed by atoms with E-state index in [4.69, 9.17) is 0 Å². The quantitative estimate of drug-likeness (QED) is 0.255. The predicted molar refractivity (Wildman–Crippen MR) is 44.0 cm³/mol. The van der Waals surface area contributed by atoms with E-state index in [0.29, 0.717) is 0 Å². The maximum atomic E-state index is 10.0. The summed E-state index contributed by atoms with van der Waals surface area (Å²) in [5.41, 5.74) is 0. The van der Waals surface area contributed by atoms with Crippen molar-refractivity contribution in [3.8, 4) is 0 Å². The lowest BCUT2D eigenvalue weighted by atomic mass is 10.2.